The van der Waals surface area contributed by atoms with Crippen LogP contribution in [0.1, 0.15) is 58.1 Å². The number of aromatic nitrogens is 3. The number of amides is 1. The van der Waals surface area contributed by atoms with Crippen molar-refractivity contribution in [3.63, 3.8) is 0 Å². The van der Waals surface area contributed by atoms with E-state index in [1.165, 1.54) is 6.42 Å². The number of ether oxygens (including phenoxy) is 2. The first kappa shape index (κ1) is 25.0. The SMILES string of the molecule is CCCNCC1CC(Oc2cc3c(-c4ccc(CNC(=O)OC(C)(C)C)c(C)c4)ncnn3c2)C1. The average Bonchev–Trinajstić information content (AvgIpc) is 3.18. The molecule has 0 atom stereocenters. The highest BCUT2D eigenvalue weighted by molar-refractivity contribution is 5.78. The van der Waals surface area contributed by atoms with Crippen molar-refractivity contribution in [1.82, 2.24) is 25.2 Å². The van der Waals surface area contributed by atoms with E-state index < -0.39 is 11.7 Å². The van der Waals surface area contributed by atoms with Gasteiger partial charge in [-0.15, -0.1) is 0 Å². The molecule has 1 aromatic carbocycles. The van der Waals surface area contributed by atoms with Gasteiger partial charge in [0.05, 0.1) is 23.5 Å². The van der Waals surface area contributed by atoms with Crippen molar-refractivity contribution in [2.75, 3.05) is 13.1 Å². The third-order valence-electron chi connectivity index (χ3n) is 6.17. The van der Waals surface area contributed by atoms with Crippen LogP contribution in [0.25, 0.3) is 16.8 Å². The molecule has 3 aromatic rings. The maximum Gasteiger partial charge on any atom is 0.407 e. The van der Waals surface area contributed by atoms with Gasteiger partial charge in [-0.05, 0) is 83.2 Å². The minimum atomic E-state index is -0.521. The van der Waals surface area contributed by atoms with Gasteiger partial charge in [-0.25, -0.2) is 14.3 Å². The number of carbonyl (C=O) groups excluding carboxylic acids is 1. The molecule has 0 unspecified atom stereocenters. The number of nitrogens with zero attached hydrogens (tertiary/aromatic N) is 3. The number of benzene rings is 1. The number of hydrogen-bond donors (Lipinski definition) is 2. The van der Waals surface area contributed by atoms with Crippen LogP contribution in [0.5, 0.6) is 5.75 Å². The Balaban J connectivity index is 1.41. The molecule has 8 heteroatoms. The van der Waals surface area contributed by atoms with Crippen LogP contribution in [-0.2, 0) is 11.3 Å². The standard InChI is InChI=1S/C27H37N5O3/c1-6-9-28-14-19-11-22(12-19)34-23-13-24-25(30-17-31-32(24)16-23)20-7-8-21(18(2)10-20)15-29-26(33)35-27(3,4)5/h7-8,10,13,16-17,19,22,28H,6,9,11-12,14-15H2,1-5H3,(H,29,33). The minimum Gasteiger partial charge on any atom is -0.489 e. The predicted molar refractivity (Wildman–Crippen MR) is 137 cm³/mol. The van der Waals surface area contributed by atoms with Gasteiger partial charge in [0.2, 0.25) is 0 Å². The van der Waals surface area contributed by atoms with Gasteiger partial charge in [-0.1, -0.05) is 19.1 Å². The molecule has 0 spiro atoms. The highest BCUT2D eigenvalue weighted by Gasteiger charge is 2.30. The number of rotatable bonds is 9. The zero-order chi connectivity index (χ0) is 25.0. The van der Waals surface area contributed by atoms with Gasteiger partial charge < -0.3 is 20.1 Å². The highest BCUT2D eigenvalue weighted by atomic mass is 16.6. The molecule has 1 aliphatic carbocycles. The summed E-state index contributed by atoms with van der Waals surface area (Å²) in [4.78, 5) is 16.5. The molecule has 1 aliphatic rings. The Morgan fingerprint density at radius 3 is 2.74 bits per heavy atom. The Hall–Kier alpha value is -3.13. The number of nitrogens with one attached hydrogen (secondary N) is 2. The molecule has 0 saturated heterocycles. The van der Waals surface area contributed by atoms with E-state index in [-0.39, 0.29) is 6.10 Å². The molecule has 2 heterocycles. The van der Waals surface area contributed by atoms with E-state index in [2.05, 4.69) is 33.7 Å². The Labute approximate surface area is 207 Å². The first-order valence-electron chi connectivity index (χ1n) is 12.5. The van der Waals surface area contributed by atoms with Crippen molar-refractivity contribution in [3.8, 4) is 17.0 Å². The molecule has 1 fully saturated rings. The van der Waals surface area contributed by atoms with Gasteiger partial charge in [0.25, 0.3) is 0 Å². The Kier molecular flexibility index (Phi) is 7.60. The van der Waals surface area contributed by atoms with E-state index in [0.29, 0.717) is 12.5 Å². The summed E-state index contributed by atoms with van der Waals surface area (Å²) in [6.45, 7) is 12.3. The maximum atomic E-state index is 12.0. The monoisotopic (exact) mass is 479 g/mol. The first-order valence-corrected chi connectivity index (χ1v) is 12.5. The highest BCUT2D eigenvalue weighted by Crippen LogP contribution is 2.33. The van der Waals surface area contributed by atoms with Crippen LogP contribution < -0.4 is 15.4 Å². The van der Waals surface area contributed by atoms with Crippen molar-refractivity contribution < 1.29 is 14.3 Å². The number of alkyl carbamates (subject to hydrolysis) is 1. The van der Waals surface area contributed by atoms with Crippen molar-refractivity contribution in [2.45, 2.75) is 72.1 Å². The van der Waals surface area contributed by atoms with E-state index in [1.807, 2.05) is 56.6 Å². The molecule has 0 radical (unpaired) electrons. The first-order chi connectivity index (χ1) is 16.7. The fraction of sp³-hybridized carbons (Fsp3) is 0.519. The Bertz CT molecular complexity index is 1160. The molecule has 2 N–H and O–H groups in total. The molecule has 4 rings (SSSR count). The molecular weight excluding hydrogens is 442 g/mol. The molecule has 1 saturated carbocycles. The summed E-state index contributed by atoms with van der Waals surface area (Å²) in [5.74, 6) is 1.52. The van der Waals surface area contributed by atoms with Crippen LogP contribution in [0.4, 0.5) is 4.79 Å². The second-order valence-corrected chi connectivity index (χ2v) is 10.4. The molecule has 8 nitrogen and oxygen atoms in total. The van der Waals surface area contributed by atoms with E-state index in [0.717, 1.165) is 59.6 Å². The second kappa shape index (κ2) is 10.6. The Morgan fingerprint density at radius 2 is 2.03 bits per heavy atom. The zero-order valence-corrected chi connectivity index (χ0v) is 21.4. The van der Waals surface area contributed by atoms with Gasteiger partial charge >= 0.3 is 6.09 Å². The molecule has 0 bridgehead atoms. The fourth-order valence-electron chi connectivity index (χ4n) is 4.33. The third-order valence-corrected chi connectivity index (χ3v) is 6.17. The lowest BCUT2D eigenvalue weighted by molar-refractivity contribution is 0.0523. The van der Waals surface area contributed by atoms with Crippen LogP contribution in [-0.4, -0.2) is 45.5 Å². The van der Waals surface area contributed by atoms with Crippen molar-refractivity contribution in [3.05, 3.63) is 47.9 Å². The smallest absolute Gasteiger partial charge is 0.407 e. The maximum absolute atomic E-state index is 12.0. The fourth-order valence-corrected chi connectivity index (χ4v) is 4.33. The van der Waals surface area contributed by atoms with Crippen molar-refractivity contribution >= 4 is 11.6 Å². The minimum absolute atomic E-state index is 0.260. The third kappa shape index (κ3) is 6.51. The van der Waals surface area contributed by atoms with Crippen molar-refractivity contribution in [2.24, 2.45) is 5.92 Å². The topological polar surface area (TPSA) is 89.8 Å². The number of aryl methyl sites for hydroxylation is 1. The van der Waals surface area contributed by atoms with Crippen molar-refractivity contribution in [1.29, 1.82) is 0 Å². The van der Waals surface area contributed by atoms with Gasteiger partial charge in [0.1, 0.15) is 17.7 Å². The number of carbonyl (C=O) groups is 1. The summed E-state index contributed by atoms with van der Waals surface area (Å²) >= 11 is 0. The average molecular weight is 480 g/mol. The van der Waals surface area contributed by atoms with Gasteiger partial charge in [-0.3, -0.25) is 0 Å². The van der Waals surface area contributed by atoms with Gasteiger partial charge in [-0.2, -0.15) is 5.10 Å². The summed E-state index contributed by atoms with van der Waals surface area (Å²) < 4.78 is 13.4. The summed E-state index contributed by atoms with van der Waals surface area (Å²) in [5, 5.41) is 10.7. The summed E-state index contributed by atoms with van der Waals surface area (Å²) in [7, 11) is 0. The Morgan fingerprint density at radius 1 is 1.23 bits per heavy atom. The molecular formula is C27H37N5O3. The lowest BCUT2D eigenvalue weighted by Crippen LogP contribution is -2.39. The molecule has 2 aromatic heterocycles. The van der Waals surface area contributed by atoms with E-state index in [4.69, 9.17) is 9.47 Å². The largest absolute Gasteiger partial charge is 0.489 e. The zero-order valence-electron chi connectivity index (χ0n) is 21.4. The quantitative estimate of drug-likeness (QED) is 0.425. The number of fused-ring (bicyclic) bond motifs is 1. The summed E-state index contributed by atoms with van der Waals surface area (Å²) in [6, 6.07) is 8.14. The molecule has 188 valence electrons. The van der Waals surface area contributed by atoms with Crippen LogP contribution in [0.15, 0.2) is 36.8 Å². The predicted octanol–water partition coefficient (Wildman–Crippen LogP) is 4.89. The lowest BCUT2D eigenvalue weighted by Gasteiger charge is -2.35. The van der Waals surface area contributed by atoms with E-state index in [9.17, 15) is 4.79 Å². The lowest BCUT2D eigenvalue weighted by atomic mass is 9.82. The van der Waals surface area contributed by atoms with Gasteiger partial charge in [0.15, 0.2) is 0 Å². The molecule has 35 heavy (non-hydrogen) atoms. The van der Waals surface area contributed by atoms with Gasteiger partial charge in [0, 0.05) is 18.2 Å². The van der Waals surface area contributed by atoms with Crippen LogP contribution in [0.3, 0.4) is 0 Å². The van der Waals surface area contributed by atoms with Crippen LogP contribution >= 0.6 is 0 Å². The van der Waals surface area contributed by atoms with Crippen LogP contribution in [0.2, 0.25) is 0 Å². The summed E-state index contributed by atoms with van der Waals surface area (Å²) in [5.41, 5.74) is 4.31. The second-order valence-electron chi connectivity index (χ2n) is 10.4. The molecule has 1 amide bonds. The van der Waals surface area contributed by atoms with Crippen LogP contribution in [0, 0.1) is 12.8 Å². The number of hydrogen-bond acceptors (Lipinski definition) is 6. The van der Waals surface area contributed by atoms with E-state index in [1.54, 1.807) is 6.33 Å². The summed E-state index contributed by atoms with van der Waals surface area (Å²) in [6.07, 6.45) is 6.66. The molecule has 0 aliphatic heterocycles. The van der Waals surface area contributed by atoms with E-state index >= 15 is 0 Å². The normalized spacial score (nSPS) is 17.7.